The number of alkyl halides is 1. The minimum absolute atomic E-state index is 0.336. The van der Waals surface area contributed by atoms with Crippen LogP contribution in [0, 0.1) is 0 Å². The molecule has 0 aromatic heterocycles. The third kappa shape index (κ3) is 2.80. The Kier molecular flexibility index (Phi) is 4.46. The van der Waals surface area contributed by atoms with E-state index in [4.69, 9.17) is 34.8 Å². The molecule has 0 aliphatic rings. The summed E-state index contributed by atoms with van der Waals surface area (Å²) in [5.41, 5.74) is 1.87. The lowest BCUT2D eigenvalue weighted by molar-refractivity contribution is 1.16. The standard InChI is InChI=1S/C17H10BrCl3/c18-14-7-3-6-13(17(14)21)16(20)12-8-9-15(19)11-5-2-1-4-10(11)12/h1-9,16H. The van der Waals surface area contributed by atoms with E-state index in [0.717, 1.165) is 31.4 Å². The topological polar surface area (TPSA) is 0 Å². The molecule has 3 rings (SSSR count). The molecule has 0 saturated heterocycles. The van der Waals surface area contributed by atoms with Crippen molar-refractivity contribution in [2.75, 3.05) is 0 Å². The van der Waals surface area contributed by atoms with Gasteiger partial charge in [0, 0.05) is 14.9 Å². The average Bonchev–Trinajstić information content (AvgIpc) is 2.50. The fourth-order valence-electron chi connectivity index (χ4n) is 2.39. The zero-order valence-corrected chi connectivity index (χ0v) is 14.6. The van der Waals surface area contributed by atoms with E-state index in [9.17, 15) is 0 Å². The molecule has 0 aliphatic carbocycles. The van der Waals surface area contributed by atoms with Crippen LogP contribution >= 0.6 is 50.7 Å². The molecule has 3 aromatic carbocycles. The van der Waals surface area contributed by atoms with Crippen molar-refractivity contribution < 1.29 is 0 Å². The summed E-state index contributed by atoms with van der Waals surface area (Å²) in [5.74, 6) is 0. The Balaban J connectivity index is 2.21. The van der Waals surface area contributed by atoms with E-state index in [1.54, 1.807) is 0 Å². The lowest BCUT2D eigenvalue weighted by atomic mass is 9.98. The molecule has 0 heterocycles. The largest absolute Gasteiger partial charge is 0.113 e. The van der Waals surface area contributed by atoms with Crippen LogP contribution in [0.4, 0.5) is 0 Å². The predicted molar refractivity (Wildman–Crippen MR) is 95.8 cm³/mol. The summed E-state index contributed by atoms with van der Waals surface area (Å²) < 4.78 is 0.839. The van der Waals surface area contributed by atoms with Gasteiger partial charge in [0.2, 0.25) is 0 Å². The Hall–Kier alpha value is -0.730. The van der Waals surface area contributed by atoms with Gasteiger partial charge in [-0.15, -0.1) is 11.6 Å². The summed E-state index contributed by atoms with van der Waals surface area (Å²) in [7, 11) is 0. The second-order valence-electron chi connectivity index (χ2n) is 4.69. The molecule has 0 radical (unpaired) electrons. The second kappa shape index (κ2) is 6.18. The molecular formula is C17H10BrCl3. The first-order valence-electron chi connectivity index (χ1n) is 6.34. The van der Waals surface area contributed by atoms with E-state index in [-0.39, 0.29) is 5.38 Å². The van der Waals surface area contributed by atoms with Crippen LogP contribution in [0.3, 0.4) is 0 Å². The van der Waals surface area contributed by atoms with Crippen molar-refractivity contribution in [2.45, 2.75) is 5.38 Å². The fourth-order valence-corrected chi connectivity index (χ4v) is 3.66. The molecule has 1 unspecified atom stereocenters. The monoisotopic (exact) mass is 398 g/mol. The van der Waals surface area contributed by atoms with Gasteiger partial charge in [0.05, 0.1) is 10.4 Å². The first-order valence-corrected chi connectivity index (χ1v) is 8.33. The van der Waals surface area contributed by atoms with Gasteiger partial charge >= 0.3 is 0 Å². The Labute approximate surface area is 146 Å². The Morgan fingerprint density at radius 2 is 1.48 bits per heavy atom. The van der Waals surface area contributed by atoms with Crippen LogP contribution in [0.5, 0.6) is 0 Å². The number of hydrogen-bond donors (Lipinski definition) is 0. The SMILES string of the molecule is Clc1c(Br)cccc1C(Cl)c1ccc(Cl)c2ccccc12. The molecule has 106 valence electrons. The molecule has 0 amide bonds. The molecule has 0 nitrogen and oxygen atoms in total. The van der Waals surface area contributed by atoms with Crippen molar-refractivity contribution in [3.63, 3.8) is 0 Å². The fraction of sp³-hybridized carbons (Fsp3) is 0.0588. The highest BCUT2D eigenvalue weighted by atomic mass is 79.9. The molecular weight excluding hydrogens is 390 g/mol. The van der Waals surface area contributed by atoms with E-state index in [2.05, 4.69) is 15.9 Å². The van der Waals surface area contributed by atoms with Crippen LogP contribution in [0.2, 0.25) is 10.0 Å². The summed E-state index contributed by atoms with van der Waals surface area (Å²) in [6.45, 7) is 0. The van der Waals surface area contributed by atoms with Gasteiger partial charge in [-0.25, -0.2) is 0 Å². The maximum Gasteiger partial charge on any atom is 0.0856 e. The van der Waals surface area contributed by atoms with Gasteiger partial charge in [-0.05, 0) is 44.6 Å². The van der Waals surface area contributed by atoms with Crippen LogP contribution in [-0.2, 0) is 0 Å². The van der Waals surface area contributed by atoms with Crippen molar-refractivity contribution in [3.8, 4) is 0 Å². The highest BCUT2D eigenvalue weighted by molar-refractivity contribution is 9.10. The highest BCUT2D eigenvalue weighted by Crippen LogP contribution is 2.40. The van der Waals surface area contributed by atoms with E-state index < -0.39 is 0 Å². The van der Waals surface area contributed by atoms with Gasteiger partial charge in [-0.2, -0.15) is 0 Å². The third-order valence-corrected chi connectivity index (χ3v) is 5.54. The molecule has 0 saturated carbocycles. The van der Waals surface area contributed by atoms with Gasteiger partial charge < -0.3 is 0 Å². The molecule has 0 N–H and O–H groups in total. The number of halogens is 4. The third-order valence-electron chi connectivity index (χ3n) is 3.43. The van der Waals surface area contributed by atoms with Gasteiger partial charge in [0.1, 0.15) is 0 Å². The van der Waals surface area contributed by atoms with Crippen molar-refractivity contribution in [3.05, 3.63) is 80.2 Å². The average molecular weight is 401 g/mol. The van der Waals surface area contributed by atoms with Crippen LogP contribution in [0.1, 0.15) is 16.5 Å². The highest BCUT2D eigenvalue weighted by Gasteiger charge is 2.18. The van der Waals surface area contributed by atoms with Crippen LogP contribution in [-0.4, -0.2) is 0 Å². The van der Waals surface area contributed by atoms with E-state index in [0.29, 0.717) is 5.02 Å². The Bertz CT molecular complexity index is 814. The smallest absolute Gasteiger partial charge is 0.0856 e. The maximum absolute atomic E-state index is 6.69. The first kappa shape index (κ1) is 15.2. The molecule has 3 aromatic rings. The van der Waals surface area contributed by atoms with Crippen LogP contribution < -0.4 is 0 Å². The molecule has 0 spiro atoms. The Morgan fingerprint density at radius 3 is 2.24 bits per heavy atom. The van der Waals surface area contributed by atoms with E-state index >= 15 is 0 Å². The van der Waals surface area contributed by atoms with E-state index in [1.807, 2.05) is 54.6 Å². The minimum atomic E-state index is -0.336. The normalized spacial score (nSPS) is 12.6. The predicted octanol–water partition coefficient (Wildman–Crippen LogP) is 7.24. The molecule has 4 heteroatoms. The van der Waals surface area contributed by atoms with Crippen molar-refractivity contribution in [2.24, 2.45) is 0 Å². The van der Waals surface area contributed by atoms with Crippen molar-refractivity contribution in [1.82, 2.24) is 0 Å². The molecule has 1 atom stereocenters. The lowest BCUT2D eigenvalue weighted by Gasteiger charge is -2.16. The zero-order valence-electron chi connectivity index (χ0n) is 10.8. The zero-order chi connectivity index (χ0) is 15.0. The molecule has 0 bridgehead atoms. The summed E-state index contributed by atoms with van der Waals surface area (Å²) in [5, 5.41) is 3.06. The van der Waals surface area contributed by atoms with Gasteiger partial charge in [-0.3, -0.25) is 0 Å². The summed E-state index contributed by atoms with van der Waals surface area (Å²) in [4.78, 5) is 0. The van der Waals surface area contributed by atoms with Gasteiger partial charge in [-0.1, -0.05) is 65.7 Å². The quantitative estimate of drug-likeness (QED) is 0.398. The number of benzene rings is 3. The summed E-state index contributed by atoms with van der Waals surface area (Å²) in [6.07, 6.45) is 0. The summed E-state index contributed by atoms with van der Waals surface area (Å²) >= 11 is 22.8. The molecule has 21 heavy (non-hydrogen) atoms. The van der Waals surface area contributed by atoms with Crippen LogP contribution in [0.25, 0.3) is 10.8 Å². The van der Waals surface area contributed by atoms with Gasteiger partial charge in [0.25, 0.3) is 0 Å². The number of fused-ring (bicyclic) bond motifs is 1. The van der Waals surface area contributed by atoms with Crippen molar-refractivity contribution >= 4 is 61.5 Å². The number of rotatable bonds is 2. The minimum Gasteiger partial charge on any atom is -0.113 e. The summed E-state index contributed by atoms with van der Waals surface area (Å²) in [6, 6.07) is 17.6. The van der Waals surface area contributed by atoms with Crippen molar-refractivity contribution in [1.29, 1.82) is 0 Å². The van der Waals surface area contributed by atoms with Gasteiger partial charge in [0.15, 0.2) is 0 Å². The second-order valence-corrected chi connectivity index (χ2v) is 6.76. The maximum atomic E-state index is 6.69. The Morgan fingerprint density at radius 1 is 0.762 bits per heavy atom. The molecule has 0 aliphatic heterocycles. The van der Waals surface area contributed by atoms with E-state index in [1.165, 1.54) is 0 Å². The molecule has 0 fully saturated rings. The lowest BCUT2D eigenvalue weighted by Crippen LogP contribution is -1.96. The first-order chi connectivity index (χ1) is 10.1. The van der Waals surface area contributed by atoms with Crippen LogP contribution in [0.15, 0.2) is 59.1 Å². The number of hydrogen-bond acceptors (Lipinski definition) is 0.